The summed E-state index contributed by atoms with van der Waals surface area (Å²) in [6.07, 6.45) is -2.62. The van der Waals surface area contributed by atoms with Crippen LogP contribution in [0.2, 0.25) is 0 Å². The SMILES string of the molecule is CCc1scc(C(F)(F)F)c1CN=C=O. The standard InChI is InChI=1S/C9H8F3NOS/c1-2-8-6(3-13-5-14)7(4-15-8)9(10,11)12/h4H,2-3H2,1H3. The summed E-state index contributed by atoms with van der Waals surface area (Å²) in [6.45, 7) is 1.52. The maximum Gasteiger partial charge on any atom is 0.417 e. The summed E-state index contributed by atoms with van der Waals surface area (Å²) in [6, 6.07) is 0. The fourth-order valence-electron chi connectivity index (χ4n) is 1.24. The summed E-state index contributed by atoms with van der Waals surface area (Å²) in [7, 11) is 0. The van der Waals surface area contributed by atoms with Gasteiger partial charge < -0.3 is 0 Å². The predicted molar refractivity (Wildman–Crippen MR) is 50.5 cm³/mol. The Morgan fingerprint density at radius 2 is 2.20 bits per heavy atom. The van der Waals surface area contributed by atoms with E-state index >= 15 is 0 Å². The number of rotatable bonds is 3. The molecular formula is C9H8F3NOS. The van der Waals surface area contributed by atoms with Gasteiger partial charge in [-0.05, 0) is 6.42 Å². The minimum absolute atomic E-state index is 0.0957. The van der Waals surface area contributed by atoms with E-state index in [1.54, 1.807) is 6.92 Å². The highest BCUT2D eigenvalue weighted by Gasteiger charge is 2.35. The number of alkyl halides is 3. The monoisotopic (exact) mass is 235 g/mol. The molecule has 0 unspecified atom stereocenters. The van der Waals surface area contributed by atoms with Gasteiger partial charge in [-0.25, -0.2) is 9.79 Å². The van der Waals surface area contributed by atoms with E-state index in [0.717, 1.165) is 16.7 Å². The lowest BCUT2D eigenvalue weighted by Crippen LogP contribution is -2.07. The first-order chi connectivity index (χ1) is 7.00. The quantitative estimate of drug-likeness (QED) is 0.584. The lowest BCUT2D eigenvalue weighted by molar-refractivity contribution is -0.137. The van der Waals surface area contributed by atoms with Crippen molar-refractivity contribution >= 4 is 17.4 Å². The Morgan fingerprint density at radius 1 is 1.53 bits per heavy atom. The second-order valence-electron chi connectivity index (χ2n) is 2.81. The minimum atomic E-state index is -4.38. The molecule has 0 radical (unpaired) electrons. The topological polar surface area (TPSA) is 29.4 Å². The van der Waals surface area contributed by atoms with E-state index in [9.17, 15) is 18.0 Å². The number of isocyanates is 1. The van der Waals surface area contributed by atoms with Crippen LogP contribution in [0.4, 0.5) is 13.2 Å². The summed E-state index contributed by atoms with van der Waals surface area (Å²) >= 11 is 1.04. The number of hydrogen-bond donors (Lipinski definition) is 0. The fourth-order valence-corrected chi connectivity index (χ4v) is 2.26. The molecule has 1 aromatic rings. The number of thiophene rings is 1. The molecule has 0 N–H and O–H groups in total. The van der Waals surface area contributed by atoms with E-state index in [-0.39, 0.29) is 12.1 Å². The smallest absolute Gasteiger partial charge is 0.211 e. The highest BCUT2D eigenvalue weighted by atomic mass is 32.1. The van der Waals surface area contributed by atoms with Crippen molar-refractivity contribution < 1.29 is 18.0 Å². The van der Waals surface area contributed by atoms with E-state index in [1.165, 1.54) is 6.08 Å². The number of aryl methyl sites for hydroxylation is 1. The van der Waals surface area contributed by atoms with Crippen molar-refractivity contribution in [3.8, 4) is 0 Å². The molecule has 0 saturated heterocycles. The molecule has 1 rings (SSSR count). The maximum absolute atomic E-state index is 12.5. The molecule has 0 fully saturated rings. The highest BCUT2D eigenvalue weighted by Crippen LogP contribution is 2.37. The van der Waals surface area contributed by atoms with Crippen LogP contribution in [0.5, 0.6) is 0 Å². The van der Waals surface area contributed by atoms with Gasteiger partial charge >= 0.3 is 6.18 Å². The van der Waals surface area contributed by atoms with Crippen molar-refractivity contribution in [2.24, 2.45) is 4.99 Å². The van der Waals surface area contributed by atoms with Gasteiger partial charge in [-0.1, -0.05) is 6.92 Å². The van der Waals surface area contributed by atoms with E-state index < -0.39 is 11.7 Å². The molecule has 0 bridgehead atoms. The van der Waals surface area contributed by atoms with Crippen molar-refractivity contribution in [1.29, 1.82) is 0 Å². The van der Waals surface area contributed by atoms with Gasteiger partial charge in [0.2, 0.25) is 6.08 Å². The molecule has 15 heavy (non-hydrogen) atoms. The van der Waals surface area contributed by atoms with Crippen molar-refractivity contribution in [3.05, 3.63) is 21.4 Å². The van der Waals surface area contributed by atoms with Gasteiger partial charge in [0.1, 0.15) is 0 Å². The van der Waals surface area contributed by atoms with E-state index in [4.69, 9.17) is 0 Å². The zero-order chi connectivity index (χ0) is 11.5. The van der Waals surface area contributed by atoms with Crippen LogP contribution < -0.4 is 0 Å². The molecule has 0 spiro atoms. The number of carbonyl (C=O) groups excluding carboxylic acids is 1. The Bertz CT molecular complexity index is 391. The van der Waals surface area contributed by atoms with E-state index in [2.05, 4.69) is 4.99 Å². The second kappa shape index (κ2) is 4.59. The summed E-state index contributed by atoms with van der Waals surface area (Å²) in [5.74, 6) is 0. The molecule has 6 heteroatoms. The van der Waals surface area contributed by atoms with Crippen LogP contribution in [0.3, 0.4) is 0 Å². The molecule has 1 aromatic heterocycles. The third kappa shape index (κ3) is 2.67. The van der Waals surface area contributed by atoms with Crippen LogP contribution >= 0.6 is 11.3 Å². The molecule has 82 valence electrons. The van der Waals surface area contributed by atoms with Gasteiger partial charge in [-0.3, -0.25) is 0 Å². The second-order valence-corrected chi connectivity index (χ2v) is 3.77. The molecular weight excluding hydrogens is 227 g/mol. The van der Waals surface area contributed by atoms with Gasteiger partial charge in [0.05, 0.1) is 12.1 Å². The van der Waals surface area contributed by atoms with Gasteiger partial charge in [0.15, 0.2) is 0 Å². The van der Waals surface area contributed by atoms with Crippen LogP contribution in [0.1, 0.15) is 22.9 Å². The number of nitrogens with zero attached hydrogens (tertiary/aromatic N) is 1. The van der Waals surface area contributed by atoms with Crippen LogP contribution in [-0.2, 0) is 23.9 Å². The normalized spacial score (nSPS) is 11.2. The zero-order valence-electron chi connectivity index (χ0n) is 7.89. The maximum atomic E-state index is 12.5. The molecule has 1 heterocycles. The molecule has 0 aliphatic heterocycles. The number of hydrogen-bond acceptors (Lipinski definition) is 3. The highest BCUT2D eigenvalue weighted by molar-refractivity contribution is 7.10. The van der Waals surface area contributed by atoms with Crippen LogP contribution in [0.25, 0.3) is 0 Å². The summed E-state index contributed by atoms with van der Waals surface area (Å²) in [5.41, 5.74) is -0.596. The summed E-state index contributed by atoms with van der Waals surface area (Å²) < 4.78 is 37.5. The predicted octanol–water partition coefficient (Wildman–Crippen LogP) is 3.17. The van der Waals surface area contributed by atoms with E-state index in [1.807, 2.05) is 0 Å². The molecule has 0 atom stereocenters. The molecule has 0 aromatic carbocycles. The van der Waals surface area contributed by atoms with Crippen molar-refractivity contribution in [2.45, 2.75) is 26.1 Å². The lowest BCUT2D eigenvalue weighted by atomic mass is 10.1. The first-order valence-corrected chi connectivity index (χ1v) is 5.08. The van der Waals surface area contributed by atoms with Gasteiger partial charge in [-0.2, -0.15) is 13.2 Å². The van der Waals surface area contributed by atoms with Gasteiger partial charge in [0.25, 0.3) is 0 Å². The average Bonchev–Trinajstić information content (AvgIpc) is 2.56. The first-order valence-electron chi connectivity index (χ1n) is 4.20. The molecule has 0 amide bonds. The largest absolute Gasteiger partial charge is 0.417 e. The molecule has 0 aliphatic carbocycles. The van der Waals surface area contributed by atoms with Crippen molar-refractivity contribution in [2.75, 3.05) is 0 Å². The Balaban J connectivity index is 3.16. The Morgan fingerprint density at radius 3 is 2.67 bits per heavy atom. The third-order valence-corrected chi connectivity index (χ3v) is 3.08. The van der Waals surface area contributed by atoms with Crippen molar-refractivity contribution in [3.63, 3.8) is 0 Å². The number of halogens is 3. The molecule has 0 saturated carbocycles. The van der Waals surface area contributed by atoms with Crippen LogP contribution in [-0.4, -0.2) is 6.08 Å². The average molecular weight is 235 g/mol. The Labute approximate surface area is 88.4 Å². The first kappa shape index (κ1) is 11.9. The van der Waals surface area contributed by atoms with Gasteiger partial charge in [0, 0.05) is 15.8 Å². The van der Waals surface area contributed by atoms with Crippen molar-refractivity contribution in [1.82, 2.24) is 0 Å². The summed E-state index contributed by atoms with van der Waals surface area (Å²) in [4.78, 5) is 13.7. The summed E-state index contributed by atoms with van der Waals surface area (Å²) in [5, 5.41) is 1.06. The zero-order valence-corrected chi connectivity index (χ0v) is 8.71. The van der Waals surface area contributed by atoms with Crippen LogP contribution in [0.15, 0.2) is 10.4 Å². The van der Waals surface area contributed by atoms with E-state index in [0.29, 0.717) is 11.3 Å². The number of aliphatic imine (C=N–C) groups is 1. The third-order valence-electron chi connectivity index (χ3n) is 1.91. The molecule has 0 aliphatic rings. The molecule has 2 nitrogen and oxygen atoms in total. The Kier molecular flexibility index (Phi) is 3.66. The minimum Gasteiger partial charge on any atom is -0.211 e. The van der Waals surface area contributed by atoms with Gasteiger partial charge in [-0.15, -0.1) is 11.3 Å². The lowest BCUT2D eigenvalue weighted by Gasteiger charge is -2.07. The van der Waals surface area contributed by atoms with Crippen LogP contribution in [0, 0.1) is 0 Å². The Hall–Kier alpha value is -1.13. The fraction of sp³-hybridized carbons (Fsp3) is 0.444.